The number of carbonyl (C=O) groups excluding carboxylic acids is 1. The van der Waals surface area contributed by atoms with Crippen LogP contribution in [0.1, 0.15) is 36.7 Å². The van der Waals surface area contributed by atoms with Crippen LogP contribution in [0.25, 0.3) is 10.9 Å². The van der Waals surface area contributed by atoms with E-state index in [0.29, 0.717) is 53.8 Å². The summed E-state index contributed by atoms with van der Waals surface area (Å²) >= 11 is 5.94. The molecule has 0 unspecified atom stereocenters. The van der Waals surface area contributed by atoms with Crippen molar-refractivity contribution in [2.45, 2.75) is 27.2 Å². The first-order valence-electron chi connectivity index (χ1n) is 11.7. The molecule has 0 bridgehead atoms. The topological polar surface area (TPSA) is 82.1 Å². The highest BCUT2D eigenvalue weighted by molar-refractivity contribution is 6.30. The van der Waals surface area contributed by atoms with E-state index in [1.54, 1.807) is 24.2 Å². The third kappa shape index (κ3) is 5.33. The SMILES string of the molecule is C=C(Cl)/N=C1\C(=C)N(C)C(=O)c2cc(CCOc3cc[n+](O)c4ccccc34)cnc2N1CC.CC. The van der Waals surface area contributed by atoms with Gasteiger partial charge in [-0.25, -0.2) is 9.98 Å². The van der Waals surface area contributed by atoms with Crippen molar-refractivity contribution >= 4 is 40.1 Å². The summed E-state index contributed by atoms with van der Waals surface area (Å²) in [6, 6.07) is 11.0. The molecule has 2 aromatic heterocycles. The van der Waals surface area contributed by atoms with Gasteiger partial charge in [-0.15, -0.1) is 0 Å². The van der Waals surface area contributed by atoms with E-state index in [2.05, 4.69) is 23.1 Å². The highest BCUT2D eigenvalue weighted by Gasteiger charge is 2.32. The maximum Gasteiger partial charge on any atom is 0.268 e. The number of likely N-dealkylation sites (N-methyl/N-ethyl adjacent to an activating group) is 2. The molecular weight excluding hydrogens is 478 g/mol. The van der Waals surface area contributed by atoms with E-state index in [1.807, 2.05) is 51.1 Å². The number of nitrogens with zero attached hydrogens (tertiary/aromatic N) is 5. The minimum absolute atomic E-state index is 0.0906. The lowest BCUT2D eigenvalue weighted by Crippen LogP contribution is -2.35. The van der Waals surface area contributed by atoms with Crippen molar-refractivity contribution in [1.29, 1.82) is 0 Å². The first-order valence-corrected chi connectivity index (χ1v) is 12.1. The van der Waals surface area contributed by atoms with Gasteiger partial charge in [0, 0.05) is 43.1 Å². The van der Waals surface area contributed by atoms with Crippen LogP contribution in [0, 0.1) is 0 Å². The number of ether oxygens (including phenoxy) is 1. The Labute approximate surface area is 216 Å². The van der Waals surface area contributed by atoms with E-state index in [0.717, 1.165) is 15.7 Å². The van der Waals surface area contributed by atoms with Gasteiger partial charge < -0.3 is 14.5 Å². The van der Waals surface area contributed by atoms with E-state index in [9.17, 15) is 10.0 Å². The fourth-order valence-corrected chi connectivity index (χ4v) is 3.93. The number of aliphatic imine (C=N–C) groups is 1. The van der Waals surface area contributed by atoms with Crippen LogP contribution in [0.4, 0.5) is 5.82 Å². The van der Waals surface area contributed by atoms with Gasteiger partial charge in [-0.05, 0) is 24.6 Å². The van der Waals surface area contributed by atoms with Gasteiger partial charge in [-0.2, -0.15) is 0 Å². The van der Waals surface area contributed by atoms with Gasteiger partial charge in [-0.1, -0.05) is 50.7 Å². The lowest BCUT2D eigenvalue weighted by molar-refractivity contribution is -0.884. The number of hydrogen-bond donors (Lipinski definition) is 1. The number of benzene rings is 1. The Balaban J connectivity index is 0.00000176. The van der Waals surface area contributed by atoms with Gasteiger partial charge in [0.15, 0.2) is 5.84 Å². The standard InChI is InChI=1S/C25H25ClN5O3.C2H6/c1-5-30-23(28-17(3)26)16(2)29(4)25(32)20-14-18(15-27-24(20)30)11-13-34-22-10-12-31(33)21-9-7-6-8-19(21)22;1-2/h6-10,12,14-15,33H,2-3,5,11,13H2,1,4H3;1-2H3/q+1;/b28-23+;. The van der Waals surface area contributed by atoms with E-state index in [-0.39, 0.29) is 11.1 Å². The average molecular weight is 509 g/mol. The molecule has 1 amide bonds. The largest absolute Gasteiger partial charge is 0.492 e. The second kappa shape index (κ2) is 11.7. The van der Waals surface area contributed by atoms with E-state index < -0.39 is 0 Å². The van der Waals surface area contributed by atoms with Crippen molar-refractivity contribution in [3.63, 3.8) is 0 Å². The zero-order valence-corrected chi connectivity index (χ0v) is 21.8. The lowest BCUT2D eigenvalue weighted by Gasteiger charge is -2.24. The highest BCUT2D eigenvalue weighted by atomic mass is 35.5. The molecule has 8 nitrogen and oxygen atoms in total. The number of halogens is 1. The molecule has 0 radical (unpaired) electrons. The first kappa shape index (κ1) is 26.7. The summed E-state index contributed by atoms with van der Waals surface area (Å²) in [5.41, 5.74) is 2.35. The van der Waals surface area contributed by atoms with E-state index >= 15 is 0 Å². The van der Waals surface area contributed by atoms with Crippen LogP contribution >= 0.6 is 11.6 Å². The number of amidine groups is 1. The normalized spacial score (nSPS) is 14.3. The third-order valence-corrected chi connectivity index (χ3v) is 5.69. The smallest absolute Gasteiger partial charge is 0.268 e. The van der Waals surface area contributed by atoms with Crippen molar-refractivity contribution in [3.8, 4) is 5.75 Å². The molecule has 1 aromatic carbocycles. The van der Waals surface area contributed by atoms with Crippen LogP contribution in [-0.4, -0.2) is 47.0 Å². The molecule has 188 valence electrons. The van der Waals surface area contributed by atoms with Gasteiger partial charge in [-0.3, -0.25) is 10.0 Å². The summed E-state index contributed by atoms with van der Waals surface area (Å²) in [6.45, 7) is 14.5. The maximum absolute atomic E-state index is 13.2. The van der Waals surface area contributed by atoms with Crippen molar-refractivity contribution < 1.29 is 19.5 Å². The Morgan fingerprint density at radius 1 is 1.28 bits per heavy atom. The quantitative estimate of drug-likeness (QED) is 0.290. The second-order valence-corrected chi connectivity index (χ2v) is 8.16. The number of rotatable bonds is 6. The second-order valence-electron chi connectivity index (χ2n) is 7.72. The lowest BCUT2D eigenvalue weighted by atomic mass is 10.1. The molecule has 36 heavy (non-hydrogen) atoms. The summed E-state index contributed by atoms with van der Waals surface area (Å²) < 4.78 is 7.06. The number of carbonyl (C=O) groups is 1. The Morgan fingerprint density at radius 2 is 2.00 bits per heavy atom. The van der Waals surface area contributed by atoms with Crippen molar-refractivity contribution in [3.05, 3.63) is 83.9 Å². The van der Waals surface area contributed by atoms with Gasteiger partial charge in [0.25, 0.3) is 11.4 Å². The van der Waals surface area contributed by atoms with E-state index in [4.69, 9.17) is 16.3 Å². The van der Waals surface area contributed by atoms with Gasteiger partial charge in [0.05, 0.1) is 23.3 Å². The van der Waals surface area contributed by atoms with Crippen LogP contribution in [0.5, 0.6) is 5.75 Å². The molecule has 0 atom stereocenters. The van der Waals surface area contributed by atoms with Gasteiger partial charge in [0.2, 0.25) is 6.20 Å². The summed E-state index contributed by atoms with van der Waals surface area (Å²) in [4.78, 5) is 25.3. The van der Waals surface area contributed by atoms with Gasteiger partial charge in [0.1, 0.15) is 16.7 Å². The summed E-state index contributed by atoms with van der Waals surface area (Å²) in [5.74, 6) is 1.34. The molecule has 0 saturated carbocycles. The van der Waals surface area contributed by atoms with Crippen LogP contribution in [0.3, 0.4) is 0 Å². The number of anilines is 1. The average Bonchev–Trinajstić information content (AvgIpc) is 2.96. The Morgan fingerprint density at radius 3 is 2.69 bits per heavy atom. The predicted octanol–water partition coefficient (Wildman–Crippen LogP) is 4.94. The molecule has 0 saturated heterocycles. The third-order valence-electron chi connectivity index (χ3n) is 5.61. The minimum atomic E-state index is -0.236. The molecule has 3 aromatic rings. The molecule has 4 rings (SSSR count). The zero-order valence-electron chi connectivity index (χ0n) is 21.0. The molecule has 1 aliphatic rings. The summed E-state index contributed by atoms with van der Waals surface area (Å²) in [7, 11) is 1.64. The maximum atomic E-state index is 13.2. The zero-order chi connectivity index (χ0) is 26.4. The molecule has 0 aliphatic carbocycles. The number of aromatic nitrogens is 2. The van der Waals surface area contributed by atoms with E-state index in [1.165, 1.54) is 11.1 Å². The molecule has 9 heteroatoms. The van der Waals surface area contributed by atoms with Crippen molar-refractivity contribution in [2.75, 3.05) is 25.1 Å². The number of pyridine rings is 2. The number of para-hydroxylation sites is 1. The Bertz CT molecular complexity index is 1340. The molecular formula is C27H31ClN5O3+. The summed E-state index contributed by atoms with van der Waals surface area (Å²) in [6.07, 6.45) is 3.80. The number of amides is 1. The van der Waals surface area contributed by atoms with Crippen molar-refractivity contribution in [2.24, 2.45) is 4.99 Å². The Kier molecular flexibility index (Phi) is 8.66. The molecule has 0 spiro atoms. The molecule has 0 fully saturated rings. The van der Waals surface area contributed by atoms with Crippen LogP contribution < -0.4 is 14.4 Å². The highest BCUT2D eigenvalue weighted by Crippen LogP contribution is 2.29. The monoisotopic (exact) mass is 508 g/mol. The first-order chi connectivity index (χ1) is 17.3. The van der Waals surface area contributed by atoms with Gasteiger partial charge >= 0.3 is 0 Å². The summed E-state index contributed by atoms with van der Waals surface area (Å²) in [5, 5.41) is 10.9. The minimum Gasteiger partial charge on any atom is -0.492 e. The van der Waals surface area contributed by atoms with Crippen LogP contribution in [0.15, 0.2) is 77.8 Å². The van der Waals surface area contributed by atoms with Crippen molar-refractivity contribution in [1.82, 2.24) is 9.88 Å². The Hall–Kier alpha value is -3.91. The number of hydrogen-bond acceptors (Lipinski definition) is 5. The fraction of sp³-hybridized carbons (Fsp3) is 0.259. The number of fused-ring (bicyclic) bond motifs is 2. The fourth-order valence-electron chi connectivity index (χ4n) is 3.85. The molecule has 1 aliphatic heterocycles. The predicted molar refractivity (Wildman–Crippen MR) is 143 cm³/mol. The molecule has 3 heterocycles. The molecule has 1 N–H and O–H groups in total. The van der Waals surface area contributed by atoms with Crippen LogP contribution in [-0.2, 0) is 6.42 Å². The van der Waals surface area contributed by atoms with Crippen LogP contribution in [0.2, 0.25) is 0 Å².